The fourth-order valence-electron chi connectivity index (χ4n) is 16.9. The first kappa shape index (κ1) is 96.0. The average Bonchev–Trinajstić information content (AvgIpc) is 1.56. The minimum Gasteiger partial charge on any atom is -0.396 e. The highest BCUT2D eigenvalue weighted by Gasteiger charge is 2.59. The summed E-state index contributed by atoms with van der Waals surface area (Å²) in [5, 5.41) is 66.4. The zero-order chi connectivity index (χ0) is 93.6. The van der Waals surface area contributed by atoms with Crippen LogP contribution in [0.5, 0.6) is 0 Å². The van der Waals surface area contributed by atoms with E-state index >= 15 is 0 Å². The molecule has 4 unspecified atom stereocenters. The number of nitrogens with zero attached hydrogens (tertiary/aromatic N) is 8. The molecule has 0 spiro atoms. The van der Waals surface area contributed by atoms with Crippen molar-refractivity contribution in [2.24, 2.45) is 16.2 Å². The Bertz CT molecular complexity index is 6350. The Kier molecular flexibility index (Phi) is 28.3. The van der Waals surface area contributed by atoms with Crippen LogP contribution in [0.2, 0.25) is 40.2 Å². The number of carbonyl (C=O) groups excluding carboxylic acids is 4. The molecule has 0 radical (unpaired) electrons. The lowest BCUT2D eigenvalue weighted by Crippen LogP contribution is -2.47. The van der Waals surface area contributed by atoms with Crippen LogP contribution in [0, 0.1) is 16.2 Å². The van der Waals surface area contributed by atoms with Crippen LogP contribution in [0.3, 0.4) is 0 Å². The quantitative estimate of drug-likeness (QED) is 0.0279. The number of rotatable bonds is 27. The number of aliphatic hydroxyl groups is 6. The third-order valence-electron chi connectivity index (χ3n) is 25.4. The van der Waals surface area contributed by atoms with Gasteiger partial charge >= 0.3 is 0 Å². The molecule has 19 rings (SSSR count). The number of halogens is 10. The molecule has 7 aliphatic rings. The van der Waals surface area contributed by atoms with Gasteiger partial charge < -0.3 is 44.8 Å². The van der Waals surface area contributed by atoms with E-state index in [0.717, 1.165) is 80.9 Å². The largest absolute Gasteiger partial charge is 0.396 e. The van der Waals surface area contributed by atoms with Crippen molar-refractivity contribution in [1.82, 2.24) is 39.5 Å². The number of ether oxygens (including phenoxy) is 3. The molecule has 132 heavy (non-hydrogen) atoms. The van der Waals surface area contributed by atoms with E-state index in [-0.39, 0.29) is 92.5 Å². The molecule has 4 aliphatic heterocycles. The number of hydrogen-bond donors (Lipinski definition) is 6. The maximum Gasteiger partial charge on any atom is 0.257 e. The number of allylic oxidation sites excluding steroid dienone is 1. The summed E-state index contributed by atoms with van der Waals surface area (Å²) in [7, 11) is 0. The normalized spacial score (nSPS) is 20.4. The fourth-order valence-corrected chi connectivity index (χ4v) is 18.5. The highest BCUT2D eigenvalue weighted by atomic mass is 79.9. The Morgan fingerprint density at radius 3 is 0.970 bits per heavy atom. The van der Waals surface area contributed by atoms with E-state index in [2.05, 4.69) is 58.4 Å². The molecule has 3 aliphatic carbocycles. The average molecular weight is 2070 g/mol. The maximum absolute atomic E-state index is 14.1. The van der Waals surface area contributed by atoms with E-state index in [1.165, 1.54) is 24.2 Å². The lowest BCUT2D eigenvalue weighted by atomic mass is 9.89. The SMILES string of the molecule is C=C(C)c1ccc2c(c1)C(=O)N(Cc1ccc(Cl)cn1)C2(OCC1(CO)CC1)c1ccc(Cl)cc1.CC(O)(CO)c1ccc2c(c1)C(=O)N(Cc1ccc(Cl)cn1)[C@@]2(OCC1(CO)CC1)c1ccc(Cl)cc1.O=C1c2cc(Br)ccc2C(O)(c2ccc(Cl)cc2)N1Cc1ccc(Cl)cn1.O=C1c2cc(Br)ccc2C(OCC2(CO)CC2)(c2ccc(Cl)cc2)N1Cc1ccc(Cl)cn1. The van der Waals surface area contributed by atoms with E-state index in [4.69, 9.17) is 107 Å². The van der Waals surface area contributed by atoms with Gasteiger partial charge in [-0.3, -0.25) is 58.7 Å². The van der Waals surface area contributed by atoms with E-state index in [0.29, 0.717) is 126 Å². The second-order valence-corrected chi connectivity index (χ2v) is 39.8. The molecule has 8 aromatic carbocycles. The van der Waals surface area contributed by atoms with Crippen molar-refractivity contribution in [3.63, 3.8) is 0 Å². The number of aliphatic hydroxyl groups excluding tert-OH is 4. The van der Waals surface area contributed by atoms with Gasteiger partial charge in [0.2, 0.25) is 0 Å². The van der Waals surface area contributed by atoms with Gasteiger partial charge in [0.05, 0.1) is 115 Å². The van der Waals surface area contributed by atoms with Crippen LogP contribution < -0.4 is 0 Å². The molecule has 3 saturated carbocycles. The number of carbonyl (C=O) groups is 4. The summed E-state index contributed by atoms with van der Waals surface area (Å²) < 4.78 is 21.8. The lowest BCUT2D eigenvalue weighted by Gasteiger charge is -2.40. The van der Waals surface area contributed by atoms with Gasteiger partial charge in [-0.05, 0) is 197 Å². The van der Waals surface area contributed by atoms with Gasteiger partial charge in [0, 0.05) is 137 Å². The molecule has 3 fully saturated rings. The third-order valence-corrected chi connectivity index (χ3v) is 28.2. The highest BCUT2D eigenvalue weighted by Crippen LogP contribution is 2.57. The van der Waals surface area contributed by atoms with Crippen LogP contribution in [-0.4, -0.2) is 140 Å². The van der Waals surface area contributed by atoms with Gasteiger partial charge in [-0.25, -0.2) is 0 Å². The van der Waals surface area contributed by atoms with Gasteiger partial charge in [0.25, 0.3) is 23.6 Å². The molecule has 680 valence electrons. The summed E-state index contributed by atoms with van der Waals surface area (Å²) in [6, 6.07) is 64.4. The molecule has 8 heterocycles. The van der Waals surface area contributed by atoms with Crippen molar-refractivity contribution in [2.45, 2.75) is 107 Å². The molecule has 12 aromatic rings. The van der Waals surface area contributed by atoms with Crippen LogP contribution in [-0.2, 0) is 68.9 Å². The molecule has 31 heteroatoms. The fraction of sp³-hybridized carbons (Fsp3) is 0.267. The molecule has 5 atom stereocenters. The summed E-state index contributed by atoms with van der Waals surface area (Å²) >= 11 is 55.6. The van der Waals surface area contributed by atoms with Crippen molar-refractivity contribution in [3.05, 3.63) is 400 Å². The van der Waals surface area contributed by atoms with Crippen LogP contribution in [0.15, 0.2) is 259 Å². The second-order valence-electron chi connectivity index (χ2n) is 34.5. The minimum atomic E-state index is -1.63. The van der Waals surface area contributed by atoms with Gasteiger partial charge in [0.15, 0.2) is 22.9 Å². The Labute approximate surface area is 819 Å². The first-order valence-electron chi connectivity index (χ1n) is 42.3. The molecule has 21 nitrogen and oxygen atoms in total. The monoisotopic (exact) mass is 2060 g/mol. The van der Waals surface area contributed by atoms with E-state index < -0.39 is 35.1 Å². The molecular weight excluding hydrogens is 1980 g/mol. The van der Waals surface area contributed by atoms with Gasteiger partial charge in [0.1, 0.15) is 5.60 Å². The standard InChI is InChI=1S/C28H28Cl2N2O5.C28H26Cl2N2O3.C25H21BrCl2N2O3.C20H13BrCl2N2O2/c1-26(36,15-33)19-4-9-24-23(12-19)25(35)32(14-22-8-7-21(30)13-31-22)28(24,18-2-5-20(29)6-3-18)37-17-27(16-34)10-11-27;1-18(2)19-3-10-25-24(13-19)26(34)32(15-23-9-8-22(30)14-31-23)28(25,20-4-6-21(29)7-5-20)35-17-27(16-33)11-12-27;26-17-3-8-22-21(11-17)23(32)30(13-20-7-6-19(28)12-29-20)25(22,16-1-4-18(27)5-2-16)33-15-24(14-31)9-10-24;21-13-3-8-18-17(9-13)19(26)25(11-16-7-6-15(23)10-24-16)20(18,27)12-1-4-14(22)5-2-12/h2-9,12-13,33-34,36H,10-11,14-17H2,1H3;3-10,13-14,33H,1,11-12,15-17H2,2H3;1-8,11-12,31H,9-10,13-15H2;1-10,27H,11H2/t26?,28-;;;/m1.../s1. The van der Waals surface area contributed by atoms with Crippen molar-refractivity contribution in [2.75, 3.05) is 46.2 Å². The smallest absolute Gasteiger partial charge is 0.257 e. The first-order valence-corrected chi connectivity index (χ1v) is 46.9. The zero-order valence-corrected chi connectivity index (χ0v) is 80.4. The predicted molar refractivity (Wildman–Crippen MR) is 514 cm³/mol. The van der Waals surface area contributed by atoms with E-state index in [9.17, 15) is 49.8 Å². The summed E-state index contributed by atoms with van der Waals surface area (Å²) in [6.45, 7) is 8.55. The zero-order valence-electron chi connectivity index (χ0n) is 71.2. The predicted octanol–water partition coefficient (Wildman–Crippen LogP) is 21.1. The summed E-state index contributed by atoms with van der Waals surface area (Å²) in [4.78, 5) is 79.0. The second kappa shape index (κ2) is 38.9. The summed E-state index contributed by atoms with van der Waals surface area (Å²) in [5.74, 6) is -0.915. The lowest BCUT2D eigenvalue weighted by molar-refractivity contribution is -0.129. The Balaban J connectivity index is 0.000000129. The molecular formula is C101H88Br2Cl8N8O13. The van der Waals surface area contributed by atoms with Crippen molar-refractivity contribution in [3.8, 4) is 0 Å². The van der Waals surface area contributed by atoms with Crippen LogP contribution in [0.25, 0.3) is 5.57 Å². The molecule has 0 bridgehead atoms. The highest BCUT2D eigenvalue weighted by molar-refractivity contribution is 9.10. The van der Waals surface area contributed by atoms with Crippen molar-refractivity contribution >= 4 is 154 Å². The van der Waals surface area contributed by atoms with Crippen molar-refractivity contribution < 1.29 is 64.0 Å². The van der Waals surface area contributed by atoms with Crippen LogP contribution in [0.4, 0.5) is 0 Å². The molecule has 6 N–H and O–H groups in total. The number of aromatic nitrogens is 4. The topological polar surface area (TPSA) is 282 Å². The Morgan fingerprint density at radius 2 is 0.659 bits per heavy atom. The molecule has 4 amide bonds. The summed E-state index contributed by atoms with van der Waals surface area (Å²) in [5.41, 5.74) is 4.28. The first-order chi connectivity index (χ1) is 63.2. The summed E-state index contributed by atoms with van der Waals surface area (Å²) in [6.07, 6.45) is 11.4. The number of pyridine rings is 4. The van der Waals surface area contributed by atoms with E-state index in [1.807, 2.05) is 79.7 Å². The number of amides is 4. The van der Waals surface area contributed by atoms with Gasteiger partial charge in [-0.15, -0.1) is 0 Å². The van der Waals surface area contributed by atoms with E-state index in [1.54, 1.807) is 173 Å². The molecule has 0 saturated heterocycles. The Morgan fingerprint density at radius 1 is 0.379 bits per heavy atom. The van der Waals surface area contributed by atoms with Gasteiger partial charge in [-0.2, -0.15) is 0 Å². The number of fused-ring (bicyclic) bond motifs is 4. The Hall–Kier alpha value is -9.10. The number of hydrogen-bond acceptors (Lipinski definition) is 17. The maximum atomic E-state index is 14.1. The van der Waals surface area contributed by atoms with Crippen molar-refractivity contribution in [1.29, 1.82) is 0 Å². The minimum absolute atomic E-state index is 0.0124. The third kappa shape index (κ3) is 19.2. The van der Waals surface area contributed by atoms with Gasteiger partial charge in [-0.1, -0.05) is 222 Å². The number of benzene rings is 8. The van der Waals surface area contributed by atoms with Crippen LogP contribution in [0.1, 0.15) is 172 Å². The van der Waals surface area contributed by atoms with Crippen LogP contribution >= 0.6 is 125 Å². The molecule has 4 aromatic heterocycles.